The fourth-order valence-corrected chi connectivity index (χ4v) is 2.06. The summed E-state index contributed by atoms with van der Waals surface area (Å²) in [5, 5.41) is 3.41. The SMILES string of the molecule is CCOC(C)C(=O)NCc1ccc(Br)cc1Cl. The van der Waals surface area contributed by atoms with Gasteiger partial charge in [-0.3, -0.25) is 4.79 Å². The predicted octanol–water partition coefficient (Wildman–Crippen LogP) is 3.14. The van der Waals surface area contributed by atoms with Crippen molar-refractivity contribution in [2.24, 2.45) is 0 Å². The Labute approximate surface area is 115 Å². The van der Waals surface area contributed by atoms with Crippen LogP contribution < -0.4 is 5.32 Å². The van der Waals surface area contributed by atoms with E-state index in [9.17, 15) is 4.79 Å². The second kappa shape index (κ2) is 6.99. The molecule has 0 spiro atoms. The van der Waals surface area contributed by atoms with E-state index in [4.69, 9.17) is 16.3 Å². The molecule has 0 fully saturated rings. The zero-order valence-electron chi connectivity index (χ0n) is 9.80. The van der Waals surface area contributed by atoms with Crippen molar-refractivity contribution in [3.05, 3.63) is 33.3 Å². The molecule has 0 aromatic heterocycles. The van der Waals surface area contributed by atoms with Gasteiger partial charge < -0.3 is 10.1 Å². The highest BCUT2D eigenvalue weighted by Gasteiger charge is 2.12. The molecule has 17 heavy (non-hydrogen) atoms. The van der Waals surface area contributed by atoms with Crippen molar-refractivity contribution >= 4 is 33.4 Å². The number of nitrogens with one attached hydrogen (secondary N) is 1. The summed E-state index contributed by atoms with van der Waals surface area (Å²) in [5.74, 6) is -0.133. The van der Waals surface area contributed by atoms with Crippen LogP contribution in [-0.4, -0.2) is 18.6 Å². The lowest BCUT2D eigenvalue weighted by Crippen LogP contribution is -2.34. The van der Waals surface area contributed by atoms with Gasteiger partial charge in [0.1, 0.15) is 6.10 Å². The van der Waals surface area contributed by atoms with Gasteiger partial charge in [0.05, 0.1) is 0 Å². The first kappa shape index (κ1) is 14.5. The maximum Gasteiger partial charge on any atom is 0.249 e. The number of amides is 1. The van der Waals surface area contributed by atoms with E-state index in [0.29, 0.717) is 18.2 Å². The number of ether oxygens (including phenoxy) is 1. The van der Waals surface area contributed by atoms with Crippen molar-refractivity contribution in [3.8, 4) is 0 Å². The van der Waals surface area contributed by atoms with Gasteiger partial charge in [-0.25, -0.2) is 0 Å². The maximum atomic E-state index is 11.6. The van der Waals surface area contributed by atoms with Crippen LogP contribution in [0.25, 0.3) is 0 Å². The highest BCUT2D eigenvalue weighted by molar-refractivity contribution is 9.10. The summed E-state index contributed by atoms with van der Waals surface area (Å²) >= 11 is 9.37. The second-order valence-corrected chi connectivity index (χ2v) is 4.87. The molecule has 0 heterocycles. The van der Waals surface area contributed by atoms with E-state index in [-0.39, 0.29) is 5.91 Å². The molecule has 0 aliphatic carbocycles. The van der Waals surface area contributed by atoms with E-state index >= 15 is 0 Å². The molecule has 94 valence electrons. The third-order valence-corrected chi connectivity index (χ3v) is 3.10. The molecule has 0 aliphatic rings. The number of hydrogen-bond acceptors (Lipinski definition) is 2. The number of carbonyl (C=O) groups is 1. The molecular weight excluding hydrogens is 305 g/mol. The van der Waals surface area contributed by atoms with Crippen molar-refractivity contribution in [2.75, 3.05) is 6.61 Å². The topological polar surface area (TPSA) is 38.3 Å². The van der Waals surface area contributed by atoms with Gasteiger partial charge in [-0.15, -0.1) is 0 Å². The molecule has 0 radical (unpaired) electrons. The van der Waals surface area contributed by atoms with Crippen LogP contribution in [0.1, 0.15) is 19.4 Å². The van der Waals surface area contributed by atoms with Gasteiger partial charge in [0, 0.05) is 22.6 Å². The molecule has 3 nitrogen and oxygen atoms in total. The van der Waals surface area contributed by atoms with E-state index in [2.05, 4.69) is 21.2 Å². The van der Waals surface area contributed by atoms with E-state index in [1.807, 2.05) is 19.1 Å². The molecule has 1 rings (SSSR count). The summed E-state index contributed by atoms with van der Waals surface area (Å²) in [7, 11) is 0. The summed E-state index contributed by atoms with van der Waals surface area (Å²) in [5.41, 5.74) is 0.881. The minimum atomic E-state index is -0.436. The number of rotatable bonds is 5. The number of benzene rings is 1. The van der Waals surface area contributed by atoms with Gasteiger partial charge >= 0.3 is 0 Å². The minimum absolute atomic E-state index is 0.133. The zero-order valence-corrected chi connectivity index (χ0v) is 12.1. The van der Waals surface area contributed by atoms with Crippen molar-refractivity contribution < 1.29 is 9.53 Å². The highest BCUT2D eigenvalue weighted by atomic mass is 79.9. The largest absolute Gasteiger partial charge is 0.369 e. The summed E-state index contributed by atoms with van der Waals surface area (Å²) in [6.45, 7) is 4.51. The Hall–Kier alpha value is -0.580. The fourth-order valence-electron chi connectivity index (χ4n) is 1.32. The van der Waals surface area contributed by atoms with Gasteiger partial charge in [0.2, 0.25) is 5.91 Å². The van der Waals surface area contributed by atoms with Gasteiger partial charge in [-0.05, 0) is 31.5 Å². The lowest BCUT2D eigenvalue weighted by atomic mass is 10.2. The van der Waals surface area contributed by atoms with Crippen molar-refractivity contribution in [3.63, 3.8) is 0 Å². The third-order valence-electron chi connectivity index (χ3n) is 2.25. The predicted molar refractivity (Wildman–Crippen MR) is 72.1 cm³/mol. The molecule has 0 bridgehead atoms. The van der Waals surface area contributed by atoms with Gasteiger partial charge in [0.25, 0.3) is 0 Å². The fraction of sp³-hybridized carbons (Fsp3) is 0.417. The summed E-state index contributed by atoms with van der Waals surface area (Å²) in [6, 6.07) is 5.56. The molecule has 1 unspecified atom stereocenters. The molecule has 0 saturated heterocycles. The van der Waals surface area contributed by atoms with Crippen LogP contribution in [0.3, 0.4) is 0 Å². The first-order valence-corrected chi connectivity index (χ1v) is 6.55. The average molecular weight is 321 g/mol. The molecule has 1 aromatic carbocycles. The zero-order chi connectivity index (χ0) is 12.8. The molecule has 1 atom stereocenters. The van der Waals surface area contributed by atoms with Crippen LogP contribution in [0.15, 0.2) is 22.7 Å². The Balaban J connectivity index is 2.53. The van der Waals surface area contributed by atoms with Crippen LogP contribution >= 0.6 is 27.5 Å². The minimum Gasteiger partial charge on any atom is -0.369 e. The van der Waals surface area contributed by atoms with E-state index in [0.717, 1.165) is 10.0 Å². The Morgan fingerprint density at radius 2 is 2.29 bits per heavy atom. The standard InChI is InChI=1S/C12H15BrClNO2/c1-3-17-8(2)12(16)15-7-9-4-5-10(13)6-11(9)14/h4-6,8H,3,7H2,1-2H3,(H,15,16). The molecule has 5 heteroatoms. The van der Waals surface area contributed by atoms with Crippen molar-refractivity contribution in [1.29, 1.82) is 0 Å². The summed E-state index contributed by atoms with van der Waals surface area (Å²) in [4.78, 5) is 11.6. The molecule has 1 N–H and O–H groups in total. The number of halogens is 2. The highest BCUT2D eigenvalue weighted by Crippen LogP contribution is 2.21. The van der Waals surface area contributed by atoms with Crippen LogP contribution in [-0.2, 0) is 16.1 Å². The summed E-state index contributed by atoms with van der Waals surface area (Å²) in [6.07, 6.45) is -0.436. The van der Waals surface area contributed by atoms with Crippen molar-refractivity contribution in [1.82, 2.24) is 5.32 Å². The number of carbonyl (C=O) groups excluding carboxylic acids is 1. The normalized spacial score (nSPS) is 12.2. The first-order chi connectivity index (χ1) is 8.04. The van der Waals surface area contributed by atoms with Gasteiger partial charge in [-0.2, -0.15) is 0 Å². The Morgan fingerprint density at radius 3 is 2.88 bits per heavy atom. The van der Waals surface area contributed by atoms with Crippen LogP contribution in [0.4, 0.5) is 0 Å². The summed E-state index contributed by atoms with van der Waals surface area (Å²) < 4.78 is 6.11. The lowest BCUT2D eigenvalue weighted by molar-refractivity contribution is -0.131. The number of hydrogen-bond donors (Lipinski definition) is 1. The van der Waals surface area contributed by atoms with Crippen LogP contribution in [0.5, 0.6) is 0 Å². The maximum absolute atomic E-state index is 11.6. The quantitative estimate of drug-likeness (QED) is 0.905. The van der Waals surface area contributed by atoms with Crippen molar-refractivity contribution in [2.45, 2.75) is 26.5 Å². The smallest absolute Gasteiger partial charge is 0.249 e. The Morgan fingerprint density at radius 1 is 1.59 bits per heavy atom. The van der Waals surface area contributed by atoms with Crippen LogP contribution in [0.2, 0.25) is 5.02 Å². The molecule has 0 saturated carbocycles. The third kappa shape index (κ3) is 4.66. The van der Waals surface area contributed by atoms with E-state index < -0.39 is 6.10 Å². The second-order valence-electron chi connectivity index (χ2n) is 3.55. The van der Waals surface area contributed by atoms with E-state index in [1.54, 1.807) is 13.0 Å². The van der Waals surface area contributed by atoms with Gasteiger partial charge in [-0.1, -0.05) is 33.6 Å². The first-order valence-electron chi connectivity index (χ1n) is 5.37. The Kier molecular flexibility index (Phi) is 5.95. The molecule has 1 amide bonds. The Bertz CT molecular complexity index is 398. The van der Waals surface area contributed by atoms with Gasteiger partial charge in [0.15, 0.2) is 0 Å². The molecular formula is C12H15BrClNO2. The molecule has 0 aliphatic heterocycles. The van der Waals surface area contributed by atoms with E-state index in [1.165, 1.54) is 0 Å². The van der Waals surface area contributed by atoms with Crippen LogP contribution in [0, 0.1) is 0 Å². The monoisotopic (exact) mass is 319 g/mol. The molecule has 1 aromatic rings. The lowest BCUT2D eigenvalue weighted by Gasteiger charge is -2.12. The average Bonchev–Trinajstić information content (AvgIpc) is 2.27.